The number of H-pyrrole nitrogens is 1. The largest absolute Gasteiger partial charge is 2.00 e. The molecule has 0 aliphatic rings. The zero-order valence-corrected chi connectivity index (χ0v) is 9.13. The quantitative estimate of drug-likeness (QED) is 0.594. The van der Waals surface area contributed by atoms with Crippen LogP contribution in [0.5, 0.6) is 0 Å². The van der Waals surface area contributed by atoms with Gasteiger partial charge >= 0.3 is 27.3 Å². The first-order valence-electron chi connectivity index (χ1n) is 2.45. The fourth-order valence-electron chi connectivity index (χ4n) is 0.517. The van der Waals surface area contributed by atoms with Gasteiger partial charge in [0, 0.05) is 0 Å². The predicted octanol–water partition coefficient (Wildman–Crippen LogP) is 0.320. The van der Waals surface area contributed by atoms with E-state index in [0.29, 0.717) is 0 Å². The zero-order chi connectivity index (χ0) is 5.11. The van der Waals surface area contributed by atoms with Crippen LogP contribution >= 0.6 is 0 Å². The third kappa shape index (κ3) is 1.94. The van der Waals surface area contributed by atoms with Gasteiger partial charge < -0.3 is 0 Å². The Morgan fingerprint density at radius 2 is 2.38 bits per heavy atom. The summed E-state index contributed by atoms with van der Waals surface area (Å²) >= 11 is 0. The van der Waals surface area contributed by atoms with Crippen molar-refractivity contribution in [2.24, 2.45) is 0 Å². The van der Waals surface area contributed by atoms with Crippen molar-refractivity contribution in [1.29, 1.82) is 0 Å². The summed E-state index contributed by atoms with van der Waals surface area (Å²) in [5.74, 6) is 0. The van der Waals surface area contributed by atoms with Crippen molar-refractivity contribution in [3.63, 3.8) is 0 Å². The second-order valence-corrected chi connectivity index (χ2v) is 1.44. The van der Waals surface area contributed by atoms with E-state index >= 15 is 0 Å². The number of imidazole rings is 1. The van der Waals surface area contributed by atoms with Gasteiger partial charge in [-0.2, -0.15) is 0 Å². The molecule has 0 fully saturated rings. The number of hydrogen-bond acceptors (Lipinski definition) is 0. The number of aromatic nitrogens is 2. The van der Waals surface area contributed by atoms with Gasteiger partial charge in [0.2, 0.25) is 6.33 Å². The number of nitrogens with zero attached hydrogens (tertiary/aromatic N) is 1. The minimum absolute atomic E-state index is 0. The summed E-state index contributed by atoms with van der Waals surface area (Å²) in [7, 11) is 0. The van der Waals surface area contributed by atoms with Crippen molar-refractivity contribution in [1.82, 2.24) is 4.57 Å². The van der Waals surface area contributed by atoms with E-state index in [-0.39, 0.29) is 27.3 Å². The number of aromatic amines is 1. The van der Waals surface area contributed by atoms with Crippen LogP contribution in [0.3, 0.4) is 0 Å². The molecule has 1 rings (SSSR count). The molecule has 0 bridgehead atoms. The maximum atomic E-state index is 2.94. The van der Waals surface area contributed by atoms with E-state index in [1.165, 1.54) is 0 Å². The molecule has 0 amide bonds. The van der Waals surface area contributed by atoms with Crippen LogP contribution < -0.4 is 4.98 Å². The number of rotatable bonds is 1. The van der Waals surface area contributed by atoms with Gasteiger partial charge in [0.05, 0.1) is 6.54 Å². The number of hydrogen-bond donors (Lipinski definition) is 0. The van der Waals surface area contributed by atoms with E-state index in [1.807, 2.05) is 18.7 Å². The Hall–Kier alpha value is 0.132. The molecule has 1 aromatic heterocycles. The van der Waals surface area contributed by atoms with Gasteiger partial charge in [0.15, 0.2) is 0 Å². The Bertz CT molecular complexity index is 125. The molecule has 1 aromatic rings. The van der Waals surface area contributed by atoms with E-state index < -0.39 is 0 Å². The van der Waals surface area contributed by atoms with Crippen LogP contribution in [-0.4, -0.2) is 4.57 Å². The molecule has 0 radical (unpaired) electrons. The molecule has 8 heavy (non-hydrogen) atoms. The van der Waals surface area contributed by atoms with Gasteiger partial charge in [0.25, 0.3) is 0 Å². The van der Waals surface area contributed by atoms with Gasteiger partial charge in [0.1, 0.15) is 12.4 Å². The Labute approximate surface area is 69.1 Å². The van der Waals surface area contributed by atoms with E-state index in [2.05, 4.69) is 16.5 Å². The Balaban J connectivity index is 0.000000490. The molecule has 0 aromatic carbocycles. The average molecular weight is 210 g/mol. The van der Waals surface area contributed by atoms with E-state index in [1.54, 1.807) is 0 Å². The third-order valence-corrected chi connectivity index (χ3v) is 0.968. The first kappa shape index (κ1) is 8.13. The van der Waals surface area contributed by atoms with Gasteiger partial charge in [-0.05, 0) is 6.92 Å². The fraction of sp³-hybridized carbons (Fsp3) is 0.400. The van der Waals surface area contributed by atoms with Crippen molar-refractivity contribution < 1.29 is 32.3 Å². The second-order valence-electron chi connectivity index (χ2n) is 1.44. The predicted molar refractivity (Wildman–Crippen MR) is 26.7 cm³/mol. The third-order valence-electron chi connectivity index (χ3n) is 0.968. The van der Waals surface area contributed by atoms with Crippen LogP contribution in [-0.2, 0) is 33.8 Å². The van der Waals surface area contributed by atoms with Gasteiger partial charge in [-0.15, -0.1) is 0 Å². The molecule has 2 nitrogen and oxygen atoms in total. The van der Waals surface area contributed by atoms with Crippen molar-refractivity contribution in [2.45, 2.75) is 13.5 Å². The summed E-state index contributed by atoms with van der Waals surface area (Å²) in [6.07, 6.45) is 5.84. The maximum Gasteiger partial charge on any atom is 2.00 e. The van der Waals surface area contributed by atoms with E-state index in [4.69, 9.17) is 0 Å². The molecule has 0 spiro atoms. The summed E-state index contributed by atoms with van der Waals surface area (Å²) in [6, 6.07) is 0. The summed E-state index contributed by atoms with van der Waals surface area (Å²) in [6.45, 7) is 3.15. The van der Waals surface area contributed by atoms with Crippen LogP contribution in [0.15, 0.2) is 18.7 Å². The molecule has 0 atom stereocenters. The van der Waals surface area contributed by atoms with Crippen LogP contribution in [0.25, 0.3) is 0 Å². The topological polar surface area (TPSA) is 19.1 Å². The fourth-order valence-corrected chi connectivity index (χ4v) is 0.517. The molecule has 0 saturated heterocycles. The molecule has 1 heterocycles. The first-order valence-corrected chi connectivity index (χ1v) is 2.45. The minimum Gasteiger partial charge on any atom is -0.250 e. The van der Waals surface area contributed by atoms with Gasteiger partial charge in [-0.1, -0.05) is 0 Å². The van der Waals surface area contributed by atoms with Crippen molar-refractivity contribution in [3.05, 3.63) is 18.7 Å². The van der Waals surface area contributed by atoms with E-state index in [0.717, 1.165) is 6.54 Å². The Morgan fingerprint density at radius 3 is 2.62 bits per heavy atom. The molecule has 0 saturated carbocycles. The second kappa shape index (κ2) is 4.06. The van der Waals surface area contributed by atoms with Gasteiger partial charge in [-0.3, -0.25) is 4.98 Å². The normalized spacial score (nSPS) is 8.12. The first-order chi connectivity index (χ1) is 3.43. The van der Waals surface area contributed by atoms with Gasteiger partial charge in [-0.25, -0.2) is 4.57 Å². The monoisotopic (exact) mass is 211 g/mol. The summed E-state index contributed by atoms with van der Waals surface area (Å²) in [4.78, 5) is 2.94. The molecule has 3 heteroatoms. The number of nitrogens with one attached hydrogen (secondary N) is 1. The van der Waals surface area contributed by atoms with Crippen molar-refractivity contribution >= 4 is 0 Å². The smallest absolute Gasteiger partial charge is 0.250 e. The number of aryl methyl sites for hydroxylation is 1. The summed E-state index contributed by atoms with van der Waals surface area (Å²) in [5, 5.41) is 0. The van der Waals surface area contributed by atoms with Crippen LogP contribution in [0, 0.1) is 0 Å². The molecule has 0 unspecified atom stereocenters. The van der Waals surface area contributed by atoms with Crippen LogP contribution in [0.4, 0.5) is 0 Å². The standard InChI is InChI=1S/C5H8N2.Cd/c1-2-7-4-3-6-5-7;/h3-5H,2H2,1H3;/q;+2/p+1. The zero-order valence-electron chi connectivity index (χ0n) is 5.09. The molecular weight excluding hydrogens is 200 g/mol. The Kier molecular flexibility index (Phi) is 4.12. The van der Waals surface area contributed by atoms with E-state index in [9.17, 15) is 0 Å². The molecule has 38 valence electrons. The maximum absolute atomic E-state index is 2.94. The average Bonchev–Trinajstić information content (AvgIpc) is 2.14. The molecular formula is C5H9CdN2+3. The van der Waals surface area contributed by atoms with Crippen molar-refractivity contribution in [3.8, 4) is 0 Å². The minimum atomic E-state index is 0. The Morgan fingerprint density at radius 1 is 1.62 bits per heavy atom. The molecule has 0 aliphatic carbocycles. The SMILES string of the molecule is CCn1cc[nH+]c1.[Cd+2]. The summed E-state index contributed by atoms with van der Waals surface area (Å²) in [5.41, 5.74) is 0. The van der Waals surface area contributed by atoms with Crippen molar-refractivity contribution in [2.75, 3.05) is 0 Å². The molecule has 0 aliphatic heterocycles. The molecule has 1 N–H and O–H groups in total. The van der Waals surface area contributed by atoms with Crippen LogP contribution in [0.2, 0.25) is 0 Å². The van der Waals surface area contributed by atoms with Crippen LogP contribution in [0.1, 0.15) is 6.92 Å². The summed E-state index contributed by atoms with van der Waals surface area (Å²) < 4.78 is 2.07.